The average Bonchev–Trinajstić information content (AvgIpc) is 3.15. The summed E-state index contributed by atoms with van der Waals surface area (Å²) in [7, 11) is 0. The third kappa shape index (κ3) is 3.06. The number of nitrogens with zero attached hydrogens (tertiary/aromatic N) is 2. The van der Waals surface area contributed by atoms with E-state index in [-0.39, 0.29) is 5.69 Å². The normalized spacial score (nSPS) is 11.0. The summed E-state index contributed by atoms with van der Waals surface area (Å²) in [4.78, 5) is 19.0. The molecule has 0 bridgehead atoms. The Bertz CT molecular complexity index is 790. The Hall–Kier alpha value is -2.73. The highest BCUT2D eigenvalue weighted by atomic mass is 32.1. The number of hydrogen-bond donors (Lipinski definition) is 1. The van der Waals surface area contributed by atoms with Crippen molar-refractivity contribution in [3.8, 4) is 11.5 Å². The molecule has 2 aromatic heterocycles. The van der Waals surface area contributed by atoms with Crippen LogP contribution < -0.4 is 0 Å². The molecule has 0 amide bonds. The van der Waals surface area contributed by atoms with Gasteiger partial charge in [-0.1, -0.05) is 18.2 Å². The molecule has 104 valence electrons. The van der Waals surface area contributed by atoms with E-state index in [1.807, 2.05) is 30.3 Å². The zero-order chi connectivity index (χ0) is 14.7. The van der Waals surface area contributed by atoms with E-state index in [1.54, 1.807) is 18.4 Å². The Labute approximate surface area is 124 Å². The molecular formula is C15H10N2O3S. The van der Waals surface area contributed by atoms with Crippen LogP contribution >= 0.6 is 11.3 Å². The number of hydrogen-bond acceptors (Lipinski definition) is 5. The van der Waals surface area contributed by atoms with Crippen LogP contribution in [0.3, 0.4) is 0 Å². The van der Waals surface area contributed by atoms with E-state index in [0.29, 0.717) is 16.6 Å². The third-order valence-electron chi connectivity index (χ3n) is 2.68. The number of aromatic carboxylic acids is 1. The molecule has 2 heterocycles. The van der Waals surface area contributed by atoms with Gasteiger partial charge in [-0.3, -0.25) is 0 Å². The first-order valence-corrected chi connectivity index (χ1v) is 6.98. The van der Waals surface area contributed by atoms with Gasteiger partial charge >= 0.3 is 5.97 Å². The lowest BCUT2D eigenvalue weighted by molar-refractivity contribution is 0.0691. The highest BCUT2D eigenvalue weighted by Crippen LogP contribution is 2.19. The second kappa shape index (κ2) is 5.72. The van der Waals surface area contributed by atoms with Crippen molar-refractivity contribution in [2.75, 3.05) is 0 Å². The van der Waals surface area contributed by atoms with Crippen molar-refractivity contribution in [3.05, 3.63) is 58.4 Å². The topological polar surface area (TPSA) is 76.2 Å². The smallest absolute Gasteiger partial charge is 0.355 e. The molecule has 0 aliphatic carbocycles. The number of thiazole rings is 1. The molecule has 1 aromatic carbocycles. The summed E-state index contributed by atoms with van der Waals surface area (Å²) in [5.74, 6) is -0.487. The second-order valence-electron chi connectivity index (χ2n) is 4.15. The van der Waals surface area contributed by atoms with E-state index in [9.17, 15) is 4.79 Å². The van der Waals surface area contributed by atoms with Crippen LogP contribution in [-0.4, -0.2) is 21.0 Å². The minimum atomic E-state index is -1.03. The molecule has 0 spiro atoms. The fraction of sp³-hybridized carbons (Fsp3) is 0. The molecule has 0 aliphatic rings. The number of aromatic nitrogens is 2. The minimum absolute atomic E-state index is 0.0461. The van der Waals surface area contributed by atoms with Crippen molar-refractivity contribution in [1.82, 2.24) is 9.97 Å². The van der Waals surface area contributed by atoms with E-state index < -0.39 is 5.97 Å². The van der Waals surface area contributed by atoms with E-state index >= 15 is 0 Å². The van der Waals surface area contributed by atoms with Crippen molar-refractivity contribution >= 4 is 29.5 Å². The monoisotopic (exact) mass is 298 g/mol. The minimum Gasteiger partial charge on any atom is -0.476 e. The fourth-order valence-electron chi connectivity index (χ4n) is 1.70. The quantitative estimate of drug-likeness (QED) is 0.795. The maximum Gasteiger partial charge on any atom is 0.355 e. The molecule has 1 N–H and O–H groups in total. The van der Waals surface area contributed by atoms with Gasteiger partial charge in [-0.25, -0.2) is 14.8 Å². The van der Waals surface area contributed by atoms with Gasteiger partial charge in [-0.15, -0.1) is 11.3 Å². The lowest BCUT2D eigenvalue weighted by atomic mass is 10.2. The molecule has 21 heavy (non-hydrogen) atoms. The number of carbonyl (C=O) groups is 1. The van der Waals surface area contributed by atoms with Gasteiger partial charge in [-0.05, 0) is 24.3 Å². The van der Waals surface area contributed by atoms with E-state index in [0.717, 1.165) is 5.56 Å². The van der Waals surface area contributed by atoms with Crippen molar-refractivity contribution in [3.63, 3.8) is 0 Å². The molecule has 3 aromatic rings. The van der Waals surface area contributed by atoms with Crippen molar-refractivity contribution in [1.29, 1.82) is 0 Å². The molecule has 0 unspecified atom stereocenters. The molecular weight excluding hydrogens is 288 g/mol. The zero-order valence-corrected chi connectivity index (χ0v) is 11.6. The average molecular weight is 298 g/mol. The van der Waals surface area contributed by atoms with Crippen molar-refractivity contribution in [2.24, 2.45) is 0 Å². The van der Waals surface area contributed by atoms with Crippen LogP contribution in [0.15, 0.2) is 46.4 Å². The lowest BCUT2D eigenvalue weighted by Gasteiger charge is -1.91. The predicted octanol–water partition coefficient (Wildman–Crippen LogP) is 3.67. The number of oxazole rings is 1. The molecule has 0 saturated heterocycles. The first-order chi connectivity index (χ1) is 10.2. The van der Waals surface area contributed by atoms with Gasteiger partial charge in [0, 0.05) is 10.9 Å². The van der Waals surface area contributed by atoms with E-state index in [2.05, 4.69) is 9.97 Å². The summed E-state index contributed by atoms with van der Waals surface area (Å²) in [6.07, 6.45) is 4.99. The second-order valence-corrected chi connectivity index (χ2v) is 5.04. The SMILES string of the molecule is O=C(O)c1csc(/C=C/c2coc(-c3ccccc3)n2)n1. The molecule has 0 radical (unpaired) electrons. The van der Waals surface area contributed by atoms with E-state index in [1.165, 1.54) is 16.7 Å². The van der Waals surface area contributed by atoms with Crippen LogP contribution in [-0.2, 0) is 0 Å². The van der Waals surface area contributed by atoms with Crippen LogP contribution in [0.4, 0.5) is 0 Å². The molecule has 3 rings (SSSR count). The molecule has 6 heteroatoms. The van der Waals surface area contributed by atoms with Gasteiger partial charge in [0.15, 0.2) is 5.69 Å². The van der Waals surface area contributed by atoms with Gasteiger partial charge in [0.25, 0.3) is 0 Å². The molecule has 0 aliphatic heterocycles. The number of carboxylic acid groups (broad SMARTS) is 1. The fourth-order valence-corrected chi connectivity index (χ4v) is 2.38. The van der Waals surface area contributed by atoms with Crippen LogP contribution in [0, 0.1) is 0 Å². The maximum absolute atomic E-state index is 10.7. The highest BCUT2D eigenvalue weighted by Gasteiger charge is 2.07. The largest absolute Gasteiger partial charge is 0.476 e. The lowest BCUT2D eigenvalue weighted by Crippen LogP contribution is -1.95. The first-order valence-electron chi connectivity index (χ1n) is 6.10. The maximum atomic E-state index is 10.7. The number of benzene rings is 1. The van der Waals surface area contributed by atoms with Gasteiger partial charge in [0.2, 0.25) is 5.89 Å². The summed E-state index contributed by atoms with van der Waals surface area (Å²) in [5, 5.41) is 10.9. The van der Waals surface area contributed by atoms with Crippen LogP contribution in [0.5, 0.6) is 0 Å². The Kier molecular flexibility index (Phi) is 3.61. The molecule has 0 saturated carbocycles. The Morgan fingerprint density at radius 2 is 2.00 bits per heavy atom. The summed E-state index contributed by atoms with van der Waals surface area (Å²) < 4.78 is 5.41. The summed E-state index contributed by atoms with van der Waals surface area (Å²) in [6, 6.07) is 9.59. The molecule has 0 fully saturated rings. The van der Waals surface area contributed by atoms with Crippen molar-refractivity contribution in [2.45, 2.75) is 0 Å². The van der Waals surface area contributed by atoms with Gasteiger partial charge in [0.05, 0.1) is 0 Å². The predicted molar refractivity (Wildman–Crippen MR) is 79.9 cm³/mol. The number of carboxylic acids is 1. The summed E-state index contributed by atoms with van der Waals surface area (Å²) in [5.41, 5.74) is 1.60. The molecule has 0 atom stereocenters. The van der Waals surface area contributed by atoms with Gasteiger partial charge in [0.1, 0.15) is 17.0 Å². The van der Waals surface area contributed by atoms with Crippen LogP contribution in [0.1, 0.15) is 21.2 Å². The van der Waals surface area contributed by atoms with Gasteiger partial charge in [-0.2, -0.15) is 0 Å². The first kappa shape index (κ1) is 13.3. The van der Waals surface area contributed by atoms with Crippen molar-refractivity contribution < 1.29 is 14.3 Å². The Morgan fingerprint density at radius 1 is 1.19 bits per heavy atom. The highest BCUT2D eigenvalue weighted by molar-refractivity contribution is 7.10. The third-order valence-corrected chi connectivity index (χ3v) is 3.49. The number of rotatable bonds is 4. The standard InChI is InChI=1S/C15H10N2O3S/c18-15(19)12-9-21-13(17-12)7-6-11-8-20-14(16-11)10-4-2-1-3-5-10/h1-9H,(H,18,19)/b7-6+. The van der Waals surface area contributed by atoms with Gasteiger partial charge < -0.3 is 9.52 Å². The Balaban J connectivity index is 1.77. The summed E-state index contributed by atoms with van der Waals surface area (Å²) >= 11 is 1.26. The van der Waals surface area contributed by atoms with E-state index in [4.69, 9.17) is 9.52 Å². The summed E-state index contributed by atoms with van der Waals surface area (Å²) in [6.45, 7) is 0. The zero-order valence-electron chi connectivity index (χ0n) is 10.8. The Morgan fingerprint density at radius 3 is 2.71 bits per heavy atom. The molecule has 5 nitrogen and oxygen atoms in total. The van der Waals surface area contributed by atoms with Crippen LogP contribution in [0.2, 0.25) is 0 Å². The van der Waals surface area contributed by atoms with Crippen LogP contribution in [0.25, 0.3) is 23.6 Å².